The minimum Gasteiger partial charge on any atom is -0.354 e. The summed E-state index contributed by atoms with van der Waals surface area (Å²) >= 11 is 0. The van der Waals surface area contributed by atoms with Gasteiger partial charge in [0.25, 0.3) is 0 Å². The van der Waals surface area contributed by atoms with Crippen LogP contribution in [0.25, 0.3) is 11.4 Å². The summed E-state index contributed by atoms with van der Waals surface area (Å²) in [6.45, 7) is 2.68. The summed E-state index contributed by atoms with van der Waals surface area (Å²) in [5, 5.41) is 7.34. The van der Waals surface area contributed by atoms with Gasteiger partial charge < -0.3 is 5.32 Å². The van der Waals surface area contributed by atoms with E-state index in [0.29, 0.717) is 18.9 Å². The van der Waals surface area contributed by atoms with Gasteiger partial charge in [0.05, 0.1) is 12.5 Å². The number of rotatable bonds is 7. The predicted octanol–water partition coefficient (Wildman–Crippen LogP) is 2.56. The number of benzene rings is 2. The number of nitrogens with one attached hydrogen (secondary N) is 1. The van der Waals surface area contributed by atoms with Crippen molar-refractivity contribution in [3.05, 3.63) is 76.7 Å². The summed E-state index contributed by atoms with van der Waals surface area (Å²) < 4.78 is 2.92. The average Bonchev–Trinajstić information content (AvgIpc) is 2.99. The molecule has 6 nitrogen and oxygen atoms in total. The molecule has 0 bridgehead atoms. The Morgan fingerprint density at radius 1 is 1.07 bits per heavy atom. The Bertz CT molecular complexity index is 945. The van der Waals surface area contributed by atoms with Gasteiger partial charge in [0, 0.05) is 19.2 Å². The molecule has 1 amide bonds. The number of nitrogens with zero attached hydrogens (tertiary/aromatic N) is 3. The number of carbonyl (C=O) groups is 1. The molecule has 0 aliphatic rings. The molecular weight excluding hydrogens is 340 g/mol. The molecule has 0 radical (unpaired) electrons. The molecule has 1 aromatic heterocycles. The molecule has 140 valence electrons. The molecule has 1 N–H and O–H groups in total. The van der Waals surface area contributed by atoms with E-state index in [1.165, 1.54) is 9.25 Å². The maximum absolute atomic E-state index is 12.5. The largest absolute Gasteiger partial charge is 0.354 e. The molecule has 27 heavy (non-hydrogen) atoms. The second kappa shape index (κ2) is 8.49. The monoisotopic (exact) mass is 364 g/mol. The van der Waals surface area contributed by atoms with Crippen LogP contribution in [0.15, 0.2) is 65.5 Å². The second-order valence-electron chi connectivity index (χ2n) is 6.42. The first kappa shape index (κ1) is 18.6. The van der Waals surface area contributed by atoms with E-state index in [1.807, 2.05) is 67.6 Å². The summed E-state index contributed by atoms with van der Waals surface area (Å²) in [6.07, 6.45) is 0.720. The highest BCUT2D eigenvalue weighted by atomic mass is 16.2. The summed E-state index contributed by atoms with van der Waals surface area (Å²) in [5.41, 5.74) is 1.69. The third-order valence-corrected chi connectivity index (χ3v) is 4.62. The van der Waals surface area contributed by atoms with E-state index >= 15 is 0 Å². The SMILES string of the molecule is CCC(C(=O)NCCn1nc(-c2ccccc2)n(C)c1=O)c1ccccc1. The zero-order valence-electron chi connectivity index (χ0n) is 15.6. The molecule has 0 aliphatic carbocycles. The van der Waals surface area contributed by atoms with Gasteiger partial charge in [-0.05, 0) is 12.0 Å². The summed E-state index contributed by atoms with van der Waals surface area (Å²) in [7, 11) is 1.70. The van der Waals surface area contributed by atoms with Crippen molar-refractivity contribution in [2.75, 3.05) is 6.54 Å². The molecule has 1 unspecified atom stereocenters. The molecule has 0 fully saturated rings. The number of carbonyl (C=O) groups excluding carboxylic acids is 1. The number of amides is 1. The molecule has 2 aromatic carbocycles. The summed E-state index contributed by atoms with van der Waals surface area (Å²) in [5.74, 6) is 0.394. The lowest BCUT2D eigenvalue weighted by molar-refractivity contribution is -0.122. The van der Waals surface area contributed by atoms with Crippen molar-refractivity contribution in [1.82, 2.24) is 19.7 Å². The van der Waals surface area contributed by atoms with Crippen LogP contribution in [-0.2, 0) is 18.4 Å². The van der Waals surface area contributed by atoms with Crippen molar-refractivity contribution in [3.63, 3.8) is 0 Å². The first-order valence-corrected chi connectivity index (χ1v) is 9.13. The molecule has 3 aromatic rings. The van der Waals surface area contributed by atoms with Crippen LogP contribution >= 0.6 is 0 Å². The van der Waals surface area contributed by atoms with E-state index in [4.69, 9.17) is 0 Å². The minimum absolute atomic E-state index is 0.0315. The maximum Gasteiger partial charge on any atom is 0.345 e. The van der Waals surface area contributed by atoms with Gasteiger partial charge in [0.2, 0.25) is 5.91 Å². The van der Waals surface area contributed by atoms with Crippen LogP contribution in [0.3, 0.4) is 0 Å². The third kappa shape index (κ3) is 4.16. The fourth-order valence-corrected chi connectivity index (χ4v) is 3.14. The quantitative estimate of drug-likeness (QED) is 0.700. The Labute approximate surface area is 158 Å². The number of hydrogen-bond donors (Lipinski definition) is 1. The number of hydrogen-bond acceptors (Lipinski definition) is 3. The van der Waals surface area contributed by atoms with Crippen LogP contribution in [0.5, 0.6) is 0 Å². The van der Waals surface area contributed by atoms with E-state index in [0.717, 1.165) is 17.5 Å². The van der Waals surface area contributed by atoms with Gasteiger partial charge >= 0.3 is 5.69 Å². The highest BCUT2D eigenvalue weighted by Crippen LogP contribution is 2.19. The van der Waals surface area contributed by atoms with Crippen LogP contribution in [0.4, 0.5) is 0 Å². The molecule has 3 rings (SSSR count). The summed E-state index contributed by atoms with van der Waals surface area (Å²) in [4.78, 5) is 24.9. The van der Waals surface area contributed by atoms with Crippen molar-refractivity contribution < 1.29 is 4.79 Å². The Morgan fingerprint density at radius 3 is 2.33 bits per heavy atom. The van der Waals surface area contributed by atoms with Gasteiger partial charge in [0.15, 0.2) is 5.82 Å². The minimum atomic E-state index is -0.196. The van der Waals surface area contributed by atoms with Gasteiger partial charge in [-0.1, -0.05) is 67.6 Å². The second-order valence-corrected chi connectivity index (χ2v) is 6.42. The highest BCUT2D eigenvalue weighted by Gasteiger charge is 2.18. The molecule has 1 heterocycles. The lowest BCUT2D eigenvalue weighted by atomic mass is 9.96. The number of aromatic nitrogens is 3. The lowest BCUT2D eigenvalue weighted by Gasteiger charge is -2.15. The van der Waals surface area contributed by atoms with Crippen molar-refractivity contribution in [2.45, 2.75) is 25.8 Å². The standard InChI is InChI=1S/C21H24N4O2/c1-3-18(16-10-6-4-7-11-16)20(26)22-14-15-25-21(27)24(2)19(23-25)17-12-8-5-9-13-17/h4-13,18H,3,14-15H2,1-2H3,(H,22,26). The first-order valence-electron chi connectivity index (χ1n) is 9.13. The topological polar surface area (TPSA) is 68.9 Å². The van der Waals surface area contributed by atoms with Gasteiger partial charge in [-0.2, -0.15) is 0 Å². The van der Waals surface area contributed by atoms with E-state index in [9.17, 15) is 9.59 Å². The predicted molar refractivity (Wildman–Crippen MR) is 105 cm³/mol. The van der Waals surface area contributed by atoms with Crippen molar-refractivity contribution in [3.8, 4) is 11.4 Å². The fraction of sp³-hybridized carbons (Fsp3) is 0.286. The van der Waals surface area contributed by atoms with E-state index in [-0.39, 0.29) is 17.5 Å². The third-order valence-electron chi connectivity index (χ3n) is 4.62. The normalized spacial score (nSPS) is 11.9. The maximum atomic E-state index is 12.5. The fourth-order valence-electron chi connectivity index (χ4n) is 3.14. The first-order chi connectivity index (χ1) is 13.1. The van der Waals surface area contributed by atoms with Crippen LogP contribution in [0.2, 0.25) is 0 Å². The van der Waals surface area contributed by atoms with Gasteiger partial charge in [-0.3, -0.25) is 9.36 Å². The van der Waals surface area contributed by atoms with Crippen LogP contribution < -0.4 is 11.0 Å². The van der Waals surface area contributed by atoms with Crippen LogP contribution in [0.1, 0.15) is 24.8 Å². The Kier molecular flexibility index (Phi) is 5.86. The van der Waals surface area contributed by atoms with Gasteiger partial charge in [-0.15, -0.1) is 5.10 Å². The van der Waals surface area contributed by atoms with Crippen molar-refractivity contribution in [2.24, 2.45) is 7.05 Å². The smallest absolute Gasteiger partial charge is 0.345 e. The zero-order valence-corrected chi connectivity index (χ0v) is 15.6. The molecule has 6 heteroatoms. The lowest BCUT2D eigenvalue weighted by Crippen LogP contribution is -2.34. The molecule has 1 atom stereocenters. The molecule has 0 spiro atoms. The van der Waals surface area contributed by atoms with Gasteiger partial charge in [-0.25, -0.2) is 9.48 Å². The Morgan fingerprint density at radius 2 is 1.70 bits per heavy atom. The van der Waals surface area contributed by atoms with Crippen molar-refractivity contribution >= 4 is 5.91 Å². The zero-order chi connectivity index (χ0) is 19.2. The van der Waals surface area contributed by atoms with E-state index in [1.54, 1.807) is 7.05 Å². The Balaban J connectivity index is 1.65. The van der Waals surface area contributed by atoms with Crippen molar-refractivity contribution in [1.29, 1.82) is 0 Å². The van der Waals surface area contributed by atoms with E-state index in [2.05, 4.69) is 10.4 Å². The average molecular weight is 364 g/mol. The molecule has 0 aliphatic heterocycles. The summed E-state index contributed by atoms with van der Waals surface area (Å²) in [6, 6.07) is 19.3. The Hall–Kier alpha value is -3.15. The van der Waals surface area contributed by atoms with E-state index < -0.39 is 0 Å². The molecular formula is C21H24N4O2. The van der Waals surface area contributed by atoms with Crippen LogP contribution in [-0.4, -0.2) is 26.8 Å². The van der Waals surface area contributed by atoms with Crippen LogP contribution in [0, 0.1) is 0 Å². The van der Waals surface area contributed by atoms with Gasteiger partial charge in [0.1, 0.15) is 0 Å². The molecule has 0 saturated carbocycles. The molecule has 0 saturated heterocycles. The highest BCUT2D eigenvalue weighted by molar-refractivity contribution is 5.83.